The first-order valence-electron chi connectivity index (χ1n) is 5.76. The van der Waals surface area contributed by atoms with Crippen LogP contribution < -0.4 is 5.32 Å². The Morgan fingerprint density at radius 2 is 2.25 bits per heavy atom. The number of aliphatic hydroxyl groups is 3. The fraction of sp³-hybridized carbons (Fsp3) is 0.778. The average molecular weight is 287 g/mol. The second-order valence-corrected chi connectivity index (χ2v) is 4.43. The van der Waals surface area contributed by atoms with E-state index >= 15 is 0 Å². The third kappa shape index (κ3) is 2.17. The maximum absolute atomic E-state index is 11.7. The Labute approximate surface area is 112 Å². The highest BCUT2D eigenvalue weighted by Crippen LogP contribution is 2.34. The Morgan fingerprint density at radius 3 is 2.80 bits per heavy atom. The van der Waals surface area contributed by atoms with E-state index in [1.165, 1.54) is 0 Å². The third-order valence-electron chi connectivity index (χ3n) is 3.24. The number of aliphatic hydroxyl groups excluding tert-OH is 3. The fourth-order valence-corrected chi connectivity index (χ4v) is 2.16. The van der Waals surface area contributed by atoms with Crippen molar-refractivity contribution >= 4 is 11.9 Å². The number of hydrogen-bond acceptors (Lipinski definition) is 7. The minimum absolute atomic E-state index is 0.00204. The van der Waals surface area contributed by atoms with E-state index in [-0.39, 0.29) is 13.0 Å². The molecule has 2 aliphatic rings. The number of ether oxygens (including phenoxy) is 1. The molecule has 2 heterocycles. The van der Waals surface area contributed by atoms with Crippen LogP contribution in [0.4, 0.5) is 4.79 Å². The van der Waals surface area contributed by atoms with Crippen LogP contribution in [0.25, 0.3) is 10.4 Å². The van der Waals surface area contributed by atoms with Crippen LogP contribution in [0.5, 0.6) is 0 Å². The maximum atomic E-state index is 11.7. The van der Waals surface area contributed by atoms with Gasteiger partial charge in [0, 0.05) is 17.9 Å². The van der Waals surface area contributed by atoms with Crippen LogP contribution in [0, 0.1) is 0 Å². The predicted molar refractivity (Wildman–Crippen MR) is 60.7 cm³/mol. The van der Waals surface area contributed by atoms with E-state index in [1.807, 2.05) is 5.32 Å². The van der Waals surface area contributed by atoms with Gasteiger partial charge in [-0.25, -0.2) is 4.79 Å². The fourth-order valence-electron chi connectivity index (χ4n) is 2.16. The largest absolute Gasteiger partial charge is 0.393 e. The summed E-state index contributed by atoms with van der Waals surface area (Å²) in [6.45, 7) is -0.906. The number of rotatable bonds is 3. The molecule has 0 aliphatic carbocycles. The lowest BCUT2D eigenvalue weighted by Gasteiger charge is -2.33. The number of urea groups is 1. The normalized spacial score (nSPS) is 37.5. The molecular weight excluding hydrogens is 274 g/mol. The molecule has 4 N–H and O–H groups in total. The Kier molecular flexibility index (Phi) is 3.79. The van der Waals surface area contributed by atoms with Gasteiger partial charge in [-0.1, -0.05) is 5.11 Å². The maximum Gasteiger partial charge on any atom is 0.326 e. The minimum atomic E-state index is -2.07. The van der Waals surface area contributed by atoms with Crippen LogP contribution in [-0.2, 0) is 9.53 Å². The highest BCUT2D eigenvalue weighted by atomic mass is 16.6. The summed E-state index contributed by atoms with van der Waals surface area (Å²) in [5.74, 6) is -0.470. The first-order chi connectivity index (χ1) is 9.45. The van der Waals surface area contributed by atoms with Crippen LogP contribution in [0.15, 0.2) is 5.11 Å². The van der Waals surface area contributed by atoms with Crippen LogP contribution in [0.1, 0.15) is 6.42 Å². The first kappa shape index (κ1) is 14.5. The van der Waals surface area contributed by atoms with E-state index in [0.29, 0.717) is 0 Å². The summed E-state index contributed by atoms with van der Waals surface area (Å²) in [7, 11) is 0. The van der Waals surface area contributed by atoms with Crippen molar-refractivity contribution in [2.24, 2.45) is 5.11 Å². The van der Waals surface area contributed by atoms with E-state index in [1.54, 1.807) is 0 Å². The van der Waals surface area contributed by atoms with E-state index in [9.17, 15) is 24.9 Å². The number of nitrogens with zero attached hydrogens (tertiary/aromatic N) is 4. The molecule has 11 heteroatoms. The number of amides is 3. The second-order valence-electron chi connectivity index (χ2n) is 4.43. The predicted octanol–water partition coefficient (Wildman–Crippen LogP) is -1.99. The van der Waals surface area contributed by atoms with Gasteiger partial charge in [0.2, 0.25) is 11.6 Å². The highest BCUT2D eigenvalue weighted by molar-refractivity contribution is 5.96. The molecule has 11 nitrogen and oxygen atoms in total. The summed E-state index contributed by atoms with van der Waals surface area (Å²) in [6, 6.07) is -0.799. The van der Waals surface area contributed by atoms with Gasteiger partial charge >= 0.3 is 6.03 Å². The van der Waals surface area contributed by atoms with E-state index in [0.717, 1.165) is 4.90 Å². The smallest absolute Gasteiger partial charge is 0.326 e. The van der Waals surface area contributed by atoms with Gasteiger partial charge in [0.15, 0.2) is 6.23 Å². The molecule has 0 aromatic heterocycles. The van der Waals surface area contributed by atoms with Gasteiger partial charge in [0.25, 0.3) is 0 Å². The Bertz CT molecular complexity index is 479. The van der Waals surface area contributed by atoms with Crippen molar-refractivity contribution in [2.75, 3.05) is 13.2 Å². The van der Waals surface area contributed by atoms with Gasteiger partial charge in [-0.3, -0.25) is 15.0 Å². The molecule has 0 saturated carbocycles. The zero-order chi connectivity index (χ0) is 14.9. The van der Waals surface area contributed by atoms with E-state index in [2.05, 4.69) is 10.0 Å². The Hall–Kier alpha value is -1.91. The monoisotopic (exact) mass is 287 g/mol. The van der Waals surface area contributed by atoms with Crippen molar-refractivity contribution < 1.29 is 29.6 Å². The van der Waals surface area contributed by atoms with Crippen molar-refractivity contribution in [2.45, 2.75) is 30.6 Å². The molecule has 2 rings (SSSR count). The van der Waals surface area contributed by atoms with Crippen molar-refractivity contribution in [3.05, 3.63) is 10.4 Å². The van der Waals surface area contributed by atoms with Crippen molar-refractivity contribution in [1.82, 2.24) is 10.2 Å². The lowest BCUT2D eigenvalue weighted by molar-refractivity contribution is -0.141. The number of carbonyl (C=O) groups excluding carboxylic acids is 2. The van der Waals surface area contributed by atoms with Crippen molar-refractivity contribution in [3.8, 4) is 0 Å². The molecule has 0 aromatic carbocycles. The molecule has 0 radical (unpaired) electrons. The highest BCUT2D eigenvalue weighted by Gasteiger charge is 2.56. The van der Waals surface area contributed by atoms with E-state index < -0.39 is 42.7 Å². The number of imide groups is 1. The summed E-state index contributed by atoms with van der Waals surface area (Å²) in [4.78, 5) is 26.1. The molecule has 3 amide bonds. The molecule has 0 spiro atoms. The van der Waals surface area contributed by atoms with Crippen LogP contribution in [0.2, 0.25) is 0 Å². The standard InChI is InChI=1S/C9H13N5O6/c10-13-12-9(3-15)6(18)5(17)7(20-9)14-2-1-4(16)11-8(14)19/h5-7,15,17-18H,1-3H2,(H,11,16,19)/t5-,6+,7-,9-/m1/s1. The molecule has 2 fully saturated rings. The molecule has 0 unspecified atom stereocenters. The molecule has 2 aliphatic heterocycles. The number of carbonyl (C=O) groups is 2. The summed E-state index contributed by atoms with van der Waals surface area (Å²) >= 11 is 0. The molecule has 0 aromatic rings. The Morgan fingerprint density at radius 1 is 1.55 bits per heavy atom. The van der Waals surface area contributed by atoms with Crippen LogP contribution in [0.3, 0.4) is 0 Å². The van der Waals surface area contributed by atoms with Gasteiger partial charge in [-0.15, -0.1) is 0 Å². The molecular formula is C9H13N5O6. The van der Waals surface area contributed by atoms with Gasteiger partial charge < -0.3 is 20.1 Å². The van der Waals surface area contributed by atoms with Gasteiger partial charge in [0.1, 0.15) is 12.2 Å². The molecule has 110 valence electrons. The number of azide groups is 1. The lowest BCUT2D eigenvalue weighted by Crippen LogP contribution is -2.56. The van der Waals surface area contributed by atoms with Crippen molar-refractivity contribution in [1.29, 1.82) is 0 Å². The van der Waals surface area contributed by atoms with Gasteiger partial charge in [-0.05, 0) is 5.53 Å². The number of hydrogen-bond donors (Lipinski definition) is 4. The Balaban J connectivity index is 2.24. The first-order valence-corrected chi connectivity index (χ1v) is 5.76. The molecule has 4 atom stereocenters. The van der Waals surface area contributed by atoms with Crippen molar-refractivity contribution in [3.63, 3.8) is 0 Å². The van der Waals surface area contributed by atoms with Gasteiger partial charge in [-0.2, -0.15) is 0 Å². The summed E-state index contributed by atoms with van der Waals surface area (Å²) in [6.07, 6.45) is -4.64. The average Bonchev–Trinajstić information content (AvgIpc) is 2.65. The molecule has 20 heavy (non-hydrogen) atoms. The molecule has 2 saturated heterocycles. The topological polar surface area (TPSA) is 168 Å². The zero-order valence-electron chi connectivity index (χ0n) is 10.2. The minimum Gasteiger partial charge on any atom is -0.393 e. The molecule has 0 bridgehead atoms. The SMILES string of the molecule is [N-]=[N+]=N[C@]1(CO)O[C@@H](N2CCC(=O)NC2=O)[C@H](O)[C@@H]1O. The second kappa shape index (κ2) is 5.23. The quantitative estimate of drug-likeness (QED) is 0.266. The van der Waals surface area contributed by atoms with Gasteiger partial charge in [0.05, 0.1) is 6.61 Å². The summed E-state index contributed by atoms with van der Waals surface area (Å²) < 4.78 is 5.19. The summed E-state index contributed by atoms with van der Waals surface area (Å²) in [5, 5.41) is 34.2. The summed E-state index contributed by atoms with van der Waals surface area (Å²) in [5.41, 5.74) is 6.38. The third-order valence-corrected chi connectivity index (χ3v) is 3.24. The lowest BCUT2D eigenvalue weighted by atomic mass is 10.1. The van der Waals surface area contributed by atoms with Crippen LogP contribution in [-0.4, -0.2) is 69.5 Å². The van der Waals surface area contributed by atoms with Crippen LogP contribution >= 0.6 is 0 Å². The van der Waals surface area contributed by atoms with E-state index in [4.69, 9.17) is 10.3 Å². The number of nitrogens with one attached hydrogen (secondary N) is 1. The zero-order valence-corrected chi connectivity index (χ0v) is 10.2.